The van der Waals surface area contributed by atoms with E-state index in [4.69, 9.17) is 15.1 Å². The van der Waals surface area contributed by atoms with Gasteiger partial charge < -0.3 is 15.3 Å². The van der Waals surface area contributed by atoms with E-state index in [1.54, 1.807) is 0 Å². The maximum Gasteiger partial charge on any atom is 0.224 e. The zero-order chi connectivity index (χ0) is 17.2. The summed E-state index contributed by atoms with van der Waals surface area (Å²) in [7, 11) is 0. The van der Waals surface area contributed by atoms with E-state index >= 15 is 0 Å². The molecule has 0 amide bonds. The molecule has 1 saturated carbocycles. The lowest BCUT2D eigenvalue weighted by atomic mass is 9.95. The number of fused-ring (bicyclic) bond motifs is 1. The van der Waals surface area contributed by atoms with E-state index in [2.05, 4.69) is 47.5 Å². The van der Waals surface area contributed by atoms with Crippen LogP contribution in [0, 0.1) is 0 Å². The average Bonchev–Trinajstić information content (AvgIpc) is 3.46. The molecular formula is C20H26N4O. The van der Waals surface area contributed by atoms with Crippen molar-refractivity contribution < 1.29 is 5.11 Å². The highest BCUT2D eigenvalue weighted by atomic mass is 16.3. The van der Waals surface area contributed by atoms with Crippen molar-refractivity contribution in [1.29, 1.82) is 0 Å². The summed E-state index contributed by atoms with van der Waals surface area (Å²) in [4.78, 5) is 11.9. The molecule has 132 valence electrons. The Kier molecular flexibility index (Phi) is 4.57. The van der Waals surface area contributed by atoms with Crippen LogP contribution in [0.1, 0.15) is 48.9 Å². The van der Waals surface area contributed by atoms with Gasteiger partial charge in [-0.05, 0) is 43.7 Å². The van der Waals surface area contributed by atoms with Gasteiger partial charge in [0.2, 0.25) is 5.95 Å². The summed E-state index contributed by atoms with van der Waals surface area (Å²) < 4.78 is 0. The molecule has 2 heterocycles. The van der Waals surface area contributed by atoms with Crippen LogP contribution in [0.5, 0.6) is 0 Å². The molecule has 0 spiro atoms. The number of aliphatic hydroxyl groups is 1. The van der Waals surface area contributed by atoms with E-state index in [9.17, 15) is 0 Å². The van der Waals surface area contributed by atoms with E-state index < -0.39 is 0 Å². The van der Waals surface area contributed by atoms with E-state index in [-0.39, 0.29) is 6.61 Å². The average molecular weight is 338 g/mol. The zero-order valence-electron chi connectivity index (χ0n) is 14.8. The third-order valence-electron chi connectivity index (χ3n) is 5.15. The molecule has 0 unspecified atom stereocenters. The molecule has 1 aliphatic carbocycles. The van der Waals surface area contributed by atoms with Crippen molar-refractivity contribution in [2.24, 2.45) is 0 Å². The van der Waals surface area contributed by atoms with Crippen LogP contribution in [-0.2, 0) is 13.0 Å². The van der Waals surface area contributed by atoms with Crippen molar-refractivity contribution in [3.63, 3.8) is 0 Å². The first-order valence-electron chi connectivity index (χ1n) is 9.31. The highest BCUT2D eigenvalue weighted by Crippen LogP contribution is 2.40. The summed E-state index contributed by atoms with van der Waals surface area (Å²) in [5.41, 5.74) is 3.99. The Morgan fingerprint density at radius 1 is 1.20 bits per heavy atom. The lowest BCUT2D eigenvalue weighted by Gasteiger charge is -2.36. The van der Waals surface area contributed by atoms with Gasteiger partial charge in [-0.3, -0.25) is 0 Å². The van der Waals surface area contributed by atoms with Gasteiger partial charge in [0.05, 0.1) is 5.69 Å². The first-order valence-corrected chi connectivity index (χ1v) is 9.31. The Balaban J connectivity index is 1.62. The van der Waals surface area contributed by atoms with E-state index in [1.807, 2.05) is 0 Å². The predicted octanol–water partition coefficient (Wildman–Crippen LogP) is 3.10. The van der Waals surface area contributed by atoms with Crippen LogP contribution in [0.4, 0.5) is 11.8 Å². The topological polar surface area (TPSA) is 61.3 Å². The van der Waals surface area contributed by atoms with Crippen molar-refractivity contribution in [1.82, 2.24) is 9.97 Å². The standard InChI is InChI=1S/C20H26N4O/c1-14-11-16-5-2-3-6-17(16)13-24(14)19-12-18(15-7-8-15)22-20(23-19)21-9-4-10-25/h2-3,5-6,12,14-15,25H,4,7-11,13H2,1H3,(H,21,22,23)/t14-/m0/s1. The van der Waals surface area contributed by atoms with Crippen LogP contribution >= 0.6 is 0 Å². The molecule has 25 heavy (non-hydrogen) atoms. The van der Waals surface area contributed by atoms with Gasteiger partial charge in [0.1, 0.15) is 5.82 Å². The molecule has 1 fully saturated rings. The van der Waals surface area contributed by atoms with E-state index in [1.165, 1.54) is 24.0 Å². The summed E-state index contributed by atoms with van der Waals surface area (Å²) in [5.74, 6) is 2.30. The molecule has 1 aromatic heterocycles. The Bertz CT molecular complexity index is 744. The van der Waals surface area contributed by atoms with Gasteiger partial charge >= 0.3 is 0 Å². The number of aromatic nitrogens is 2. The molecular weight excluding hydrogens is 312 g/mol. The largest absolute Gasteiger partial charge is 0.396 e. The van der Waals surface area contributed by atoms with Crippen LogP contribution < -0.4 is 10.2 Å². The highest BCUT2D eigenvalue weighted by molar-refractivity contribution is 5.50. The Hall–Kier alpha value is -2.14. The molecule has 0 saturated heterocycles. The second kappa shape index (κ2) is 7.00. The number of benzene rings is 1. The zero-order valence-corrected chi connectivity index (χ0v) is 14.8. The number of nitrogens with one attached hydrogen (secondary N) is 1. The fourth-order valence-electron chi connectivity index (χ4n) is 3.53. The summed E-state index contributed by atoms with van der Waals surface area (Å²) in [6.07, 6.45) is 4.21. The lowest BCUT2D eigenvalue weighted by molar-refractivity contribution is 0.292. The third-order valence-corrected chi connectivity index (χ3v) is 5.15. The summed E-state index contributed by atoms with van der Waals surface area (Å²) in [5, 5.41) is 12.3. The van der Waals surface area contributed by atoms with Crippen LogP contribution in [0.2, 0.25) is 0 Å². The fourth-order valence-corrected chi connectivity index (χ4v) is 3.53. The number of rotatable bonds is 6. The molecule has 2 aromatic rings. The SMILES string of the molecule is C[C@H]1Cc2ccccc2CN1c1cc(C2CC2)nc(NCCCO)n1. The molecule has 0 bridgehead atoms. The third kappa shape index (κ3) is 3.61. The lowest BCUT2D eigenvalue weighted by Crippen LogP contribution is -2.39. The summed E-state index contributed by atoms with van der Waals surface area (Å²) in [6, 6.07) is 11.3. The Labute approximate surface area is 149 Å². The maximum absolute atomic E-state index is 8.99. The van der Waals surface area contributed by atoms with Crippen molar-refractivity contribution in [3.05, 3.63) is 47.2 Å². The highest BCUT2D eigenvalue weighted by Gasteiger charge is 2.29. The van der Waals surface area contributed by atoms with Crippen molar-refractivity contribution in [2.45, 2.75) is 51.1 Å². The van der Waals surface area contributed by atoms with Crippen molar-refractivity contribution in [2.75, 3.05) is 23.4 Å². The molecule has 4 rings (SSSR count). The summed E-state index contributed by atoms with van der Waals surface area (Å²) >= 11 is 0. The van der Waals surface area contributed by atoms with Gasteiger partial charge in [-0.25, -0.2) is 4.98 Å². The van der Waals surface area contributed by atoms with Crippen molar-refractivity contribution >= 4 is 11.8 Å². The number of hydrogen-bond donors (Lipinski definition) is 2. The van der Waals surface area contributed by atoms with E-state index in [0.717, 1.165) is 24.5 Å². The molecule has 1 aromatic carbocycles. The molecule has 2 aliphatic rings. The first kappa shape index (κ1) is 16.3. The number of nitrogens with zero attached hydrogens (tertiary/aromatic N) is 3. The maximum atomic E-state index is 8.99. The molecule has 0 radical (unpaired) electrons. The second-order valence-electron chi connectivity index (χ2n) is 7.20. The predicted molar refractivity (Wildman–Crippen MR) is 100.0 cm³/mol. The minimum Gasteiger partial charge on any atom is -0.396 e. The van der Waals surface area contributed by atoms with Gasteiger partial charge in [0, 0.05) is 37.7 Å². The first-order chi connectivity index (χ1) is 12.2. The summed E-state index contributed by atoms with van der Waals surface area (Å²) in [6.45, 7) is 4.05. The molecule has 5 heteroatoms. The van der Waals surface area contributed by atoms with Crippen molar-refractivity contribution in [3.8, 4) is 0 Å². The quantitative estimate of drug-likeness (QED) is 0.793. The number of hydrogen-bond acceptors (Lipinski definition) is 5. The normalized spacial score (nSPS) is 19.6. The molecule has 2 N–H and O–H groups in total. The number of anilines is 2. The van der Waals surface area contributed by atoms with Gasteiger partial charge in [0.25, 0.3) is 0 Å². The van der Waals surface area contributed by atoms with Crippen LogP contribution in [0.15, 0.2) is 30.3 Å². The fraction of sp³-hybridized carbons (Fsp3) is 0.500. The van der Waals surface area contributed by atoms with Crippen LogP contribution in [0.25, 0.3) is 0 Å². The Morgan fingerprint density at radius 3 is 2.76 bits per heavy atom. The van der Waals surface area contributed by atoms with E-state index in [0.29, 0.717) is 30.9 Å². The molecule has 5 nitrogen and oxygen atoms in total. The molecule has 1 atom stereocenters. The van der Waals surface area contributed by atoms with Gasteiger partial charge in [-0.1, -0.05) is 24.3 Å². The second-order valence-corrected chi connectivity index (χ2v) is 7.20. The minimum absolute atomic E-state index is 0.183. The molecule has 1 aliphatic heterocycles. The smallest absolute Gasteiger partial charge is 0.224 e. The minimum atomic E-state index is 0.183. The van der Waals surface area contributed by atoms with Crippen LogP contribution in [-0.4, -0.2) is 34.3 Å². The van der Waals surface area contributed by atoms with Crippen LogP contribution in [0.3, 0.4) is 0 Å². The van der Waals surface area contributed by atoms with Gasteiger partial charge in [-0.2, -0.15) is 4.98 Å². The van der Waals surface area contributed by atoms with Gasteiger partial charge in [-0.15, -0.1) is 0 Å². The monoisotopic (exact) mass is 338 g/mol. The Morgan fingerprint density at radius 2 is 2.00 bits per heavy atom. The van der Waals surface area contributed by atoms with Gasteiger partial charge in [0.15, 0.2) is 0 Å². The number of aliphatic hydroxyl groups excluding tert-OH is 1.